The second-order valence-electron chi connectivity index (χ2n) is 4.37. The van der Waals surface area contributed by atoms with Gasteiger partial charge in [0.05, 0.1) is 6.61 Å². The molecule has 1 unspecified atom stereocenters. The molecule has 21 heavy (non-hydrogen) atoms. The molecule has 0 bridgehead atoms. The highest BCUT2D eigenvalue weighted by Gasteiger charge is 2.43. The number of aliphatic carboxylic acids is 1. The molecule has 1 aromatic heterocycles. The topological polar surface area (TPSA) is 176 Å². The van der Waals surface area contributed by atoms with Gasteiger partial charge in [-0.3, -0.25) is 9.79 Å². The van der Waals surface area contributed by atoms with E-state index in [-0.39, 0.29) is 11.7 Å². The van der Waals surface area contributed by atoms with Gasteiger partial charge in [-0.25, -0.2) is 9.67 Å². The first kappa shape index (κ1) is 15.3. The second-order valence-corrected chi connectivity index (χ2v) is 4.37. The summed E-state index contributed by atoms with van der Waals surface area (Å²) in [6.07, 6.45) is -3.33. The molecule has 1 saturated heterocycles. The van der Waals surface area contributed by atoms with Gasteiger partial charge >= 0.3 is 5.97 Å². The summed E-state index contributed by atoms with van der Waals surface area (Å²) in [4.78, 5) is 17.8. The van der Waals surface area contributed by atoms with E-state index in [1.165, 1.54) is 6.33 Å². The minimum atomic E-state index is -1.30. The van der Waals surface area contributed by atoms with Gasteiger partial charge < -0.3 is 30.9 Å². The summed E-state index contributed by atoms with van der Waals surface area (Å²) < 4.78 is 6.36. The highest BCUT2D eigenvalue weighted by Crippen LogP contribution is 2.28. The lowest BCUT2D eigenvalue weighted by molar-refractivity contribution is -0.135. The molecule has 11 nitrogen and oxygen atoms in total. The number of aliphatic hydroxyl groups is 3. The molecule has 11 heteroatoms. The first-order valence-corrected chi connectivity index (χ1v) is 5.99. The quantitative estimate of drug-likeness (QED) is 0.275. The van der Waals surface area contributed by atoms with E-state index in [4.69, 9.17) is 20.7 Å². The number of ether oxygens (including phenoxy) is 1. The largest absolute Gasteiger partial charge is 0.480 e. The highest BCUT2D eigenvalue weighted by molar-refractivity contribution is 5.94. The normalized spacial score (nSPS) is 29.8. The predicted octanol–water partition coefficient (Wildman–Crippen LogP) is -3.32. The SMILES string of the molecule is NC(=NCC(=O)O)c1ncn(C2O[C@H](CO)[C@@H](O)[C@H]2O)n1. The Morgan fingerprint density at radius 3 is 2.76 bits per heavy atom. The number of amidine groups is 1. The van der Waals surface area contributed by atoms with Gasteiger partial charge in [0.15, 0.2) is 12.1 Å². The van der Waals surface area contributed by atoms with Crippen molar-refractivity contribution in [1.29, 1.82) is 0 Å². The van der Waals surface area contributed by atoms with Crippen LogP contribution in [0.4, 0.5) is 0 Å². The Labute approximate surface area is 118 Å². The zero-order valence-corrected chi connectivity index (χ0v) is 10.8. The van der Waals surface area contributed by atoms with Gasteiger partial charge in [-0.1, -0.05) is 0 Å². The molecule has 1 aliphatic heterocycles. The summed E-state index contributed by atoms with van der Waals surface area (Å²) in [6.45, 7) is -0.979. The third-order valence-corrected chi connectivity index (χ3v) is 2.90. The molecule has 1 aromatic rings. The van der Waals surface area contributed by atoms with E-state index in [1.807, 2.05) is 0 Å². The maximum absolute atomic E-state index is 10.4. The molecule has 116 valence electrons. The van der Waals surface area contributed by atoms with Crippen molar-refractivity contribution in [2.45, 2.75) is 24.5 Å². The van der Waals surface area contributed by atoms with E-state index >= 15 is 0 Å². The number of hydrogen-bond donors (Lipinski definition) is 5. The average Bonchev–Trinajstić information content (AvgIpc) is 3.03. The van der Waals surface area contributed by atoms with Crippen LogP contribution in [0.2, 0.25) is 0 Å². The van der Waals surface area contributed by atoms with Crippen LogP contribution in [-0.4, -0.2) is 78.5 Å². The molecule has 0 amide bonds. The summed E-state index contributed by atoms with van der Waals surface area (Å²) >= 11 is 0. The third-order valence-electron chi connectivity index (χ3n) is 2.90. The Hall–Kier alpha value is -2.08. The number of carboxylic acids is 1. The number of carboxylic acid groups (broad SMARTS) is 1. The Balaban J connectivity index is 2.13. The standard InChI is InChI=1S/C10H15N5O6/c11-8(12-1-5(17)18)9-13-3-15(14-9)10-7(20)6(19)4(2-16)21-10/h3-4,6-7,10,16,19-20H,1-2H2,(H2,11,12)(H,17,18)/t4-,6-,7-,10?/m1/s1. The van der Waals surface area contributed by atoms with Crippen molar-refractivity contribution in [1.82, 2.24) is 14.8 Å². The van der Waals surface area contributed by atoms with Gasteiger partial charge in [0.25, 0.3) is 0 Å². The zero-order valence-electron chi connectivity index (χ0n) is 10.8. The van der Waals surface area contributed by atoms with Crippen LogP contribution in [0.1, 0.15) is 12.1 Å². The van der Waals surface area contributed by atoms with Crippen LogP contribution < -0.4 is 5.73 Å². The van der Waals surface area contributed by atoms with E-state index in [2.05, 4.69) is 15.1 Å². The molecule has 1 aliphatic rings. The lowest BCUT2D eigenvalue weighted by atomic mass is 10.1. The predicted molar refractivity (Wildman–Crippen MR) is 66.3 cm³/mol. The van der Waals surface area contributed by atoms with Crippen LogP contribution in [0.25, 0.3) is 0 Å². The lowest BCUT2D eigenvalue weighted by Crippen LogP contribution is -2.33. The molecule has 1 fully saturated rings. The molecule has 2 heterocycles. The van der Waals surface area contributed by atoms with Gasteiger partial charge in [0.1, 0.15) is 31.2 Å². The number of nitrogens with zero attached hydrogens (tertiary/aromatic N) is 4. The summed E-state index contributed by atoms with van der Waals surface area (Å²) in [6, 6.07) is 0. The fourth-order valence-corrected chi connectivity index (χ4v) is 1.84. The van der Waals surface area contributed by atoms with Crippen LogP contribution in [0.15, 0.2) is 11.3 Å². The molecule has 2 rings (SSSR count). The van der Waals surface area contributed by atoms with E-state index in [9.17, 15) is 15.0 Å². The lowest BCUT2D eigenvalue weighted by Gasteiger charge is -2.13. The van der Waals surface area contributed by atoms with E-state index < -0.39 is 43.7 Å². The summed E-state index contributed by atoms with van der Waals surface area (Å²) in [7, 11) is 0. The van der Waals surface area contributed by atoms with Crippen LogP contribution in [0.3, 0.4) is 0 Å². The minimum Gasteiger partial charge on any atom is -0.480 e. The number of rotatable bonds is 5. The molecule has 0 radical (unpaired) electrons. The van der Waals surface area contributed by atoms with Crippen molar-refractivity contribution >= 4 is 11.8 Å². The number of carbonyl (C=O) groups is 1. The maximum atomic E-state index is 10.4. The number of hydrogen-bond acceptors (Lipinski definition) is 8. The van der Waals surface area contributed by atoms with Crippen LogP contribution >= 0.6 is 0 Å². The number of aliphatic imine (C=N–C) groups is 1. The van der Waals surface area contributed by atoms with Gasteiger partial charge in [0, 0.05) is 0 Å². The highest BCUT2D eigenvalue weighted by atomic mass is 16.6. The number of aromatic nitrogens is 3. The molecular formula is C10H15N5O6. The van der Waals surface area contributed by atoms with Gasteiger partial charge in [-0.2, -0.15) is 0 Å². The van der Waals surface area contributed by atoms with Crippen LogP contribution in [0, 0.1) is 0 Å². The van der Waals surface area contributed by atoms with E-state index in [1.54, 1.807) is 0 Å². The molecule has 0 aromatic carbocycles. The molecule has 0 spiro atoms. The third kappa shape index (κ3) is 3.16. The van der Waals surface area contributed by atoms with E-state index in [0.717, 1.165) is 4.68 Å². The molecule has 6 N–H and O–H groups in total. The fraction of sp³-hybridized carbons (Fsp3) is 0.600. The monoisotopic (exact) mass is 301 g/mol. The van der Waals surface area contributed by atoms with Crippen LogP contribution in [0.5, 0.6) is 0 Å². The van der Waals surface area contributed by atoms with Crippen molar-refractivity contribution < 1.29 is 30.0 Å². The molecule has 0 saturated carbocycles. The zero-order chi connectivity index (χ0) is 15.6. The Morgan fingerprint density at radius 1 is 1.48 bits per heavy atom. The van der Waals surface area contributed by atoms with Gasteiger partial charge in [-0.15, -0.1) is 5.10 Å². The number of aliphatic hydroxyl groups excluding tert-OH is 3. The minimum absolute atomic E-state index is 0.0333. The summed E-state index contributed by atoms with van der Waals surface area (Å²) in [5.74, 6) is -1.36. The first-order chi connectivity index (χ1) is 9.93. The fourth-order valence-electron chi connectivity index (χ4n) is 1.84. The van der Waals surface area contributed by atoms with Crippen molar-refractivity contribution in [2.75, 3.05) is 13.2 Å². The molecule has 4 atom stereocenters. The van der Waals surface area contributed by atoms with Gasteiger partial charge in [0.2, 0.25) is 5.82 Å². The van der Waals surface area contributed by atoms with Crippen molar-refractivity contribution in [3.05, 3.63) is 12.2 Å². The smallest absolute Gasteiger partial charge is 0.325 e. The van der Waals surface area contributed by atoms with E-state index in [0.29, 0.717) is 0 Å². The maximum Gasteiger partial charge on any atom is 0.325 e. The average molecular weight is 301 g/mol. The first-order valence-electron chi connectivity index (χ1n) is 5.99. The van der Waals surface area contributed by atoms with Crippen molar-refractivity contribution in [3.8, 4) is 0 Å². The number of nitrogens with two attached hydrogens (primary N) is 1. The summed E-state index contributed by atoms with van der Waals surface area (Å²) in [5.41, 5.74) is 5.53. The summed E-state index contributed by atoms with van der Waals surface area (Å²) in [5, 5.41) is 40.9. The molecular weight excluding hydrogens is 286 g/mol. The van der Waals surface area contributed by atoms with Gasteiger partial charge in [-0.05, 0) is 0 Å². The van der Waals surface area contributed by atoms with Crippen LogP contribution in [-0.2, 0) is 9.53 Å². The Bertz CT molecular complexity index is 546. The molecule has 0 aliphatic carbocycles. The Morgan fingerprint density at radius 2 is 2.19 bits per heavy atom. The van der Waals surface area contributed by atoms with Crippen molar-refractivity contribution in [3.63, 3.8) is 0 Å². The Kier molecular flexibility index (Phi) is 4.47. The van der Waals surface area contributed by atoms with Crippen molar-refractivity contribution in [2.24, 2.45) is 10.7 Å². The second kappa shape index (κ2) is 6.13.